The highest BCUT2D eigenvalue weighted by Crippen LogP contribution is 2.36. The van der Waals surface area contributed by atoms with Crippen LogP contribution in [0.25, 0.3) is 0 Å². The third-order valence-electron chi connectivity index (χ3n) is 4.69. The topological polar surface area (TPSA) is 77.1 Å². The molecule has 0 unspecified atom stereocenters. The van der Waals surface area contributed by atoms with E-state index >= 15 is 0 Å². The van der Waals surface area contributed by atoms with E-state index in [0.717, 1.165) is 12.1 Å². The largest absolute Gasteiger partial charge is 0.573 e. The molecule has 4 rings (SSSR count). The van der Waals surface area contributed by atoms with Crippen molar-refractivity contribution in [3.8, 4) is 17.2 Å². The minimum atomic E-state index is -4.79. The van der Waals surface area contributed by atoms with E-state index in [-0.39, 0.29) is 24.6 Å². The first kappa shape index (κ1) is 19.9. The zero-order valence-corrected chi connectivity index (χ0v) is 15.6. The Balaban J connectivity index is 1.39. The fraction of sp³-hybridized carbons (Fsp3) is 0.300. The van der Waals surface area contributed by atoms with Gasteiger partial charge in [0.1, 0.15) is 19.0 Å². The first-order valence-corrected chi connectivity index (χ1v) is 9.15. The number of hydrogen-bond donors (Lipinski definition) is 1. The Morgan fingerprint density at radius 1 is 1.07 bits per heavy atom. The molecular formula is C20H17F3N2O5. The Morgan fingerprint density at radius 3 is 2.47 bits per heavy atom. The summed E-state index contributed by atoms with van der Waals surface area (Å²) in [5.74, 6) is -0.448. The summed E-state index contributed by atoms with van der Waals surface area (Å²) in [6.07, 6.45) is -4.76. The molecule has 0 bridgehead atoms. The molecule has 2 heterocycles. The molecule has 1 atom stereocenters. The maximum absolute atomic E-state index is 12.5. The van der Waals surface area contributed by atoms with Crippen molar-refractivity contribution in [2.45, 2.75) is 12.8 Å². The molecule has 7 nitrogen and oxygen atoms in total. The molecule has 30 heavy (non-hydrogen) atoms. The van der Waals surface area contributed by atoms with Crippen LogP contribution >= 0.6 is 0 Å². The van der Waals surface area contributed by atoms with E-state index in [4.69, 9.17) is 9.47 Å². The predicted molar refractivity (Wildman–Crippen MR) is 99.6 cm³/mol. The Hall–Kier alpha value is -3.43. The summed E-state index contributed by atoms with van der Waals surface area (Å²) >= 11 is 0. The number of fused-ring (bicyclic) bond motifs is 1. The standard InChI is InChI=1S/C20H17F3N2O5/c21-20(22,23)30-15-4-1-13(2-5-15)24-19(27)12-9-18(26)25(11-12)14-3-6-16-17(10-14)29-8-7-28-16/h1-6,10,12H,7-9,11H2,(H,24,27)/t12-/m0/s1. The molecule has 2 aromatic carbocycles. The van der Waals surface area contributed by atoms with Gasteiger partial charge < -0.3 is 24.4 Å². The lowest BCUT2D eigenvalue weighted by Crippen LogP contribution is -2.28. The van der Waals surface area contributed by atoms with Crippen LogP contribution in [-0.2, 0) is 9.59 Å². The number of rotatable bonds is 4. The van der Waals surface area contributed by atoms with Gasteiger partial charge in [-0.25, -0.2) is 0 Å². The number of hydrogen-bond acceptors (Lipinski definition) is 5. The lowest BCUT2D eigenvalue weighted by Gasteiger charge is -2.22. The van der Waals surface area contributed by atoms with Crippen molar-refractivity contribution in [3.05, 3.63) is 42.5 Å². The zero-order valence-electron chi connectivity index (χ0n) is 15.6. The van der Waals surface area contributed by atoms with Crippen LogP contribution in [0.3, 0.4) is 0 Å². The van der Waals surface area contributed by atoms with E-state index < -0.39 is 18.2 Å². The van der Waals surface area contributed by atoms with Crippen molar-refractivity contribution in [2.24, 2.45) is 5.92 Å². The highest BCUT2D eigenvalue weighted by atomic mass is 19.4. The fourth-order valence-electron chi connectivity index (χ4n) is 3.32. The van der Waals surface area contributed by atoms with Gasteiger partial charge in [-0.15, -0.1) is 13.2 Å². The molecule has 2 amide bonds. The van der Waals surface area contributed by atoms with Crippen molar-refractivity contribution >= 4 is 23.2 Å². The number of ether oxygens (including phenoxy) is 3. The van der Waals surface area contributed by atoms with Gasteiger partial charge in [-0.1, -0.05) is 0 Å². The summed E-state index contributed by atoms with van der Waals surface area (Å²) in [6.45, 7) is 1.06. The molecule has 1 saturated heterocycles. The van der Waals surface area contributed by atoms with Crippen LogP contribution in [0.2, 0.25) is 0 Å². The van der Waals surface area contributed by atoms with Gasteiger partial charge in [-0.05, 0) is 36.4 Å². The average Bonchev–Trinajstić information content (AvgIpc) is 3.10. The van der Waals surface area contributed by atoms with Gasteiger partial charge in [0, 0.05) is 30.4 Å². The summed E-state index contributed by atoms with van der Waals surface area (Å²) in [6, 6.07) is 9.95. The third-order valence-corrected chi connectivity index (χ3v) is 4.69. The van der Waals surface area contributed by atoms with Crippen LogP contribution < -0.4 is 24.4 Å². The second kappa shape index (κ2) is 7.77. The van der Waals surface area contributed by atoms with E-state index in [1.807, 2.05) is 0 Å². The number of halogens is 3. The van der Waals surface area contributed by atoms with Crippen LogP contribution in [0.1, 0.15) is 6.42 Å². The Bertz CT molecular complexity index is 962. The monoisotopic (exact) mass is 422 g/mol. The van der Waals surface area contributed by atoms with Crippen LogP contribution in [0.5, 0.6) is 17.2 Å². The minimum absolute atomic E-state index is 0.0234. The van der Waals surface area contributed by atoms with Crippen molar-refractivity contribution in [3.63, 3.8) is 0 Å². The summed E-state index contributed by atoms with van der Waals surface area (Å²) in [5.41, 5.74) is 0.910. The number of alkyl halides is 3. The smallest absolute Gasteiger partial charge is 0.486 e. The van der Waals surface area contributed by atoms with Gasteiger partial charge >= 0.3 is 6.36 Å². The van der Waals surface area contributed by atoms with E-state index in [1.165, 1.54) is 17.0 Å². The molecule has 0 aromatic heterocycles. The molecule has 0 spiro atoms. The maximum atomic E-state index is 12.5. The molecule has 1 N–H and O–H groups in total. The molecule has 10 heteroatoms. The average molecular weight is 422 g/mol. The SMILES string of the molecule is O=C(Nc1ccc(OC(F)(F)F)cc1)[C@H]1CC(=O)N(c2ccc3c(c2)OCCO3)C1. The summed E-state index contributed by atoms with van der Waals surface area (Å²) < 4.78 is 51.4. The van der Waals surface area contributed by atoms with Gasteiger partial charge in [-0.2, -0.15) is 0 Å². The van der Waals surface area contributed by atoms with Crippen LogP contribution in [0.4, 0.5) is 24.5 Å². The summed E-state index contributed by atoms with van der Waals surface area (Å²) in [4.78, 5) is 26.5. The van der Waals surface area contributed by atoms with Crippen molar-refractivity contribution in [1.29, 1.82) is 0 Å². The lowest BCUT2D eigenvalue weighted by atomic mass is 10.1. The molecule has 0 aliphatic carbocycles. The van der Waals surface area contributed by atoms with Gasteiger partial charge in [0.15, 0.2) is 11.5 Å². The van der Waals surface area contributed by atoms with E-state index in [2.05, 4.69) is 10.1 Å². The zero-order chi connectivity index (χ0) is 21.3. The molecule has 158 valence electrons. The third kappa shape index (κ3) is 4.42. The van der Waals surface area contributed by atoms with Crippen LogP contribution in [0.15, 0.2) is 42.5 Å². The molecule has 2 aliphatic heterocycles. The van der Waals surface area contributed by atoms with Crippen molar-refractivity contribution in [2.75, 3.05) is 30.0 Å². The maximum Gasteiger partial charge on any atom is 0.573 e. The first-order chi connectivity index (χ1) is 14.3. The van der Waals surface area contributed by atoms with Crippen molar-refractivity contribution in [1.82, 2.24) is 0 Å². The number of benzene rings is 2. The number of carbonyl (C=O) groups is 2. The van der Waals surface area contributed by atoms with Gasteiger partial charge in [-0.3, -0.25) is 9.59 Å². The van der Waals surface area contributed by atoms with E-state index in [0.29, 0.717) is 36.1 Å². The Labute approximate surface area is 169 Å². The number of amides is 2. The van der Waals surface area contributed by atoms with E-state index in [1.54, 1.807) is 18.2 Å². The number of nitrogens with zero attached hydrogens (tertiary/aromatic N) is 1. The molecular weight excluding hydrogens is 405 g/mol. The Kier molecular flexibility index (Phi) is 5.15. The summed E-state index contributed by atoms with van der Waals surface area (Å²) in [5, 5.41) is 2.62. The second-order valence-electron chi connectivity index (χ2n) is 6.79. The number of nitrogens with one attached hydrogen (secondary N) is 1. The molecule has 2 aliphatic rings. The lowest BCUT2D eigenvalue weighted by molar-refractivity contribution is -0.274. The second-order valence-corrected chi connectivity index (χ2v) is 6.79. The van der Waals surface area contributed by atoms with E-state index in [9.17, 15) is 22.8 Å². The Morgan fingerprint density at radius 2 is 1.77 bits per heavy atom. The predicted octanol–water partition coefficient (Wildman–Crippen LogP) is 3.35. The minimum Gasteiger partial charge on any atom is -0.486 e. The number of anilines is 2. The highest BCUT2D eigenvalue weighted by molar-refractivity contribution is 6.03. The highest BCUT2D eigenvalue weighted by Gasteiger charge is 2.36. The number of carbonyl (C=O) groups excluding carboxylic acids is 2. The molecule has 1 fully saturated rings. The normalized spacial score (nSPS) is 18.3. The molecule has 0 radical (unpaired) electrons. The summed E-state index contributed by atoms with van der Waals surface area (Å²) in [7, 11) is 0. The first-order valence-electron chi connectivity index (χ1n) is 9.15. The fourth-order valence-corrected chi connectivity index (χ4v) is 3.32. The molecule has 2 aromatic rings. The van der Waals surface area contributed by atoms with Crippen molar-refractivity contribution < 1.29 is 37.0 Å². The van der Waals surface area contributed by atoms with Gasteiger partial charge in [0.25, 0.3) is 0 Å². The quantitative estimate of drug-likeness (QED) is 0.818. The van der Waals surface area contributed by atoms with Crippen LogP contribution in [0, 0.1) is 5.92 Å². The van der Waals surface area contributed by atoms with Crippen LogP contribution in [-0.4, -0.2) is 37.9 Å². The van der Waals surface area contributed by atoms with Gasteiger partial charge in [0.05, 0.1) is 5.92 Å². The molecule has 0 saturated carbocycles. The van der Waals surface area contributed by atoms with Gasteiger partial charge in [0.2, 0.25) is 11.8 Å².